The zero-order valence-corrected chi connectivity index (χ0v) is 16.5. The largest absolute Gasteiger partial charge is 0.487 e. The second-order valence-corrected chi connectivity index (χ2v) is 6.82. The molecule has 0 radical (unpaired) electrons. The van der Waals surface area contributed by atoms with Gasteiger partial charge >= 0.3 is 0 Å². The molecule has 1 aromatic heterocycles. The number of nitrogens with zero attached hydrogens (tertiary/aromatic N) is 2. The number of aromatic nitrogens is 1. The first-order valence-corrected chi connectivity index (χ1v) is 9.71. The van der Waals surface area contributed by atoms with Crippen molar-refractivity contribution in [3.8, 4) is 5.75 Å². The lowest BCUT2D eigenvalue weighted by Gasteiger charge is -2.20. The minimum Gasteiger partial charge on any atom is -0.487 e. The molecule has 0 amide bonds. The summed E-state index contributed by atoms with van der Waals surface area (Å²) in [4.78, 5) is 8.80. The highest BCUT2D eigenvalue weighted by atomic mass is 35.5. The predicted molar refractivity (Wildman–Crippen MR) is 106 cm³/mol. The van der Waals surface area contributed by atoms with Crippen LogP contribution in [-0.2, 0) is 13.0 Å². The molecule has 1 atom stereocenters. The monoisotopic (exact) mass is 380 g/mol. The van der Waals surface area contributed by atoms with Crippen molar-refractivity contribution < 1.29 is 4.74 Å². The molecule has 5 nitrogen and oxygen atoms in total. The van der Waals surface area contributed by atoms with Gasteiger partial charge in [0.2, 0.25) is 0 Å². The number of rotatable bonds is 8. The molecule has 0 aliphatic carbocycles. The van der Waals surface area contributed by atoms with E-state index in [0.717, 1.165) is 29.5 Å². The number of aryl methyl sites for hydroxylation is 1. The van der Waals surface area contributed by atoms with Gasteiger partial charge in [0.25, 0.3) is 0 Å². The van der Waals surface area contributed by atoms with Crippen LogP contribution in [0.4, 0.5) is 0 Å². The fourth-order valence-electron chi connectivity index (χ4n) is 2.19. The number of benzene rings is 1. The second-order valence-electron chi connectivity index (χ2n) is 5.47. The summed E-state index contributed by atoms with van der Waals surface area (Å²) in [5.74, 6) is 1.43. The molecule has 0 bridgehead atoms. The SMILES string of the molecule is CCc1nc(CNC(=NC)NCC(CC)Oc2ccccc2Cl)cs1. The van der Waals surface area contributed by atoms with Crippen LogP contribution in [0, 0.1) is 0 Å². The van der Waals surface area contributed by atoms with Crippen molar-refractivity contribution in [3.63, 3.8) is 0 Å². The van der Waals surface area contributed by atoms with Gasteiger partial charge in [0.05, 0.1) is 28.8 Å². The highest BCUT2D eigenvalue weighted by molar-refractivity contribution is 7.09. The summed E-state index contributed by atoms with van der Waals surface area (Å²) in [5.41, 5.74) is 1.03. The molecule has 7 heteroatoms. The van der Waals surface area contributed by atoms with Crippen molar-refractivity contribution in [1.29, 1.82) is 0 Å². The summed E-state index contributed by atoms with van der Waals surface area (Å²) in [7, 11) is 1.75. The van der Waals surface area contributed by atoms with Gasteiger partial charge in [-0.25, -0.2) is 4.98 Å². The van der Waals surface area contributed by atoms with E-state index in [1.807, 2.05) is 24.3 Å². The molecule has 0 spiro atoms. The molecule has 2 N–H and O–H groups in total. The second kappa shape index (κ2) is 10.3. The van der Waals surface area contributed by atoms with Crippen LogP contribution in [-0.4, -0.2) is 30.6 Å². The van der Waals surface area contributed by atoms with Crippen LogP contribution >= 0.6 is 22.9 Å². The Morgan fingerprint density at radius 3 is 2.76 bits per heavy atom. The lowest BCUT2D eigenvalue weighted by molar-refractivity contribution is 0.199. The van der Waals surface area contributed by atoms with E-state index in [9.17, 15) is 0 Å². The van der Waals surface area contributed by atoms with Crippen LogP contribution in [0.25, 0.3) is 0 Å². The van der Waals surface area contributed by atoms with Crippen molar-refractivity contribution >= 4 is 28.9 Å². The van der Waals surface area contributed by atoms with E-state index in [2.05, 4.69) is 39.8 Å². The standard InChI is InChI=1S/C18H25ClN4OS/c1-4-14(24-16-9-7-6-8-15(16)19)11-22-18(20-3)21-10-13-12-25-17(5-2)23-13/h6-9,12,14H,4-5,10-11H2,1-3H3,(H2,20,21,22). The number of para-hydroxylation sites is 1. The molecular formula is C18H25ClN4OS. The molecular weight excluding hydrogens is 356 g/mol. The maximum absolute atomic E-state index is 6.16. The number of hydrogen-bond donors (Lipinski definition) is 2. The molecule has 0 saturated carbocycles. The predicted octanol–water partition coefficient (Wildman–Crippen LogP) is 3.88. The molecule has 1 heterocycles. The van der Waals surface area contributed by atoms with E-state index < -0.39 is 0 Å². The normalized spacial score (nSPS) is 12.7. The topological polar surface area (TPSA) is 58.5 Å². The first-order valence-electron chi connectivity index (χ1n) is 8.45. The molecule has 0 aliphatic rings. The van der Waals surface area contributed by atoms with Crippen LogP contribution in [0.1, 0.15) is 31.0 Å². The van der Waals surface area contributed by atoms with E-state index in [-0.39, 0.29) is 6.10 Å². The third-order valence-electron chi connectivity index (χ3n) is 3.65. The lowest BCUT2D eigenvalue weighted by Crippen LogP contribution is -2.42. The third kappa shape index (κ3) is 6.21. The van der Waals surface area contributed by atoms with E-state index in [0.29, 0.717) is 23.9 Å². The summed E-state index contributed by atoms with van der Waals surface area (Å²) in [6, 6.07) is 7.52. The first kappa shape index (κ1) is 19.5. The summed E-state index contributed by atoms with van der Waals surface area (Å²) in [5, 5.41) is 10.4. The van der Waals surface area contributed by atoms with Crippen LogP contribution in [0.3, 0.4) is 0 Å². The minimum absolute atomic E-state index is 0.00409. The summed E-state index contributed by atoms with van der Waals surface area (Å²) < 4.78 is 5.98. The highest BCUT2D eigenvalue weighted by Gasteiger charge is 2.11. The fraction of sp³-hybridized carbons (Fsp3) is 0.444. The van der Waals surface area contributed by atoms with Crippen LogP contribution in [0.2, 0.25) is 5.02 Å². The smallest absolute Gasteiger partial charge is 0.191 e. The lowest BCUT2D eigenvalue weighted by atomic mass is 10.2. The van der Waals surface area contributed by atoms with E-state index >= 15 is 0 Å². The van der Waals surface area contributed by atoms with Gasteiger partial charge in [0, 0.05) is 12.4 Å². The van der Waals surface area contributed by atoms with Gasteiger partial charge in [0.1, 0.15) is 11.9 Å². The van der Waals surface area contributed by atoms with Crippen LogP contribution < -0.4 is 15.4 Å². The number of nitrogens with one attached hydrogen (secondary N) is 2. The van der Waals surface area contributed by atoms with E-state index in [4.69, 9.17) is 16.3 Å². The number of halogens is 1. The van der Waals surface area contributed by atoms with Gasteiger partial charge in [-0.15, -0.1) is 11.3 Å². The van der Waals surface area contributed by atoms with Crippen molar-refractivity contribution in [2.24, 2.45) is 4.99 Å². The summed E-state index contributed by atoms with van der Waals surface area (Å²) >= 11 is 7.85. The van der Waals surface area contributed by atoms with Gasteiger partial charge < -0.3 is 15.4 Å². The number of hydrogen-bond acceptors (Lipinski definition) is 4. The fourth-order valence-corrected chi connectivity index (χ4v) is 3.11. The van der Waals surface area contributed by atoms with Gasteiger partial charge in [-0.3, -0.25) is 4.99 Å². The molecule has 1 unspecified atom stereocenters. The summed E-state index contributed by atoms with van der Waals surface area (Å²) in [6.07, 6.45) is 1.83. The van der Waals surface area contributed by atoms with E-state index in [1.165, 1.54) is 0 Å². The zero-order valence-electron chi connectivity index (χ0n) is 14.9. The third-order valence-corrected chi connectivity index (χ3v) is 5.00. The van der Waals surface area contributed by atoms with Crippen molar-refractivity contribution in [3.05, 3.63) is 45.4 Å². The Bertz CT molecular complexity index is 689. The molecule has 1 aromatic carbocycles. The zero-order chi connectivity index (χ0) is 18.1. The van der Waals surface area contributed by atoms with E-state index in [1.54, 1.807) is 18.4 Å². The number of ether oxygens (including phenoxy) is 1. The van der Waals surface area contributed by atoms with Crippen molar-refractivity contribution in [2.75, 3.05) is 13.6 Å². The number of guanidine groups is 1. The molecule has 2 aromatic rings. The Labute approximate surface area is 158 Å². The maximum atomic E-state index is 6.16. The number of thiazole rings is 1. The average Bonchev–Trinajstić information content (AvgIpc) is 3.10. The Kier molecular flexibility index (Phi) is 8.01. The Balaban J connectivity index is 1.82. The molecule has 0 aliphatic heterocycles. The highest BCUT2D eigenvalue weighted by Crippen LogP contribution is 2.24. The Morgan fingerprint density at radius 2 is 2.12 bits per heavy atom. The molecule has 0 saturated heterocycles. The number of aliphatic imine (C=N–C) groups is 1. The average molecular weight is 381 g/mol. The van der Waals surface area contributed by atoms with Crippen LogP contribution in [0.5, 0.6) is 5.75 Å². The van der Waals surface area contributed by atoms with Crippen LogP contribution in [0.15, 0.2) is 34.6 Å². The van der Waals surface area contributed by atoms with Gasteiger partial charge in [0.15, 0.2) is 5.96 Å². The molecule has 136 valence electrons. The Hall–Kier alpha value is -1.79. The van der Waals surface area contributed by atoms with Crippen molar-refractivity contribution in [1.82, 2.24) is 15.6 Å². The van der Waals surface area contributed by atoms with Gasteiger partial charge in [-0.1, -0.05) is 37.6 Å². The minimum atomic E-state index is 0.00409. The molecule has 25 heavy (non-hydrogen) atoms. The molecule has 0 fully saturated rings. The van der Waals surface area contributed by atoms with Gasteiger partial charge in [-0.05, 0) is 25.0 Å². The van der Waals surface area contributed by atoms with Crippen molar-refractivity contribution in [2.45, 2.75) is 39.3 Å². The summed E-state index contributed by atoms with van der Waals surface area (Å²) in [6.45, 7) is 5.48. The first-order chi connectivity index (χ1) is 12.2. The maximum Gasteiger partial charge on any atom is 0.191 e. The van der Waals surface area contributed by atoms with Gasteiger partial charge in [-0.2, -0.15) is 0 Å². The Morgan fingerprint density at radius 1 is 1.32 bits per heavy atom. The molecule has 2 rings (SSSR count). The quantitative estimate of drug-likeness (QED) is 0.539.